The lowest BCUT2D eigenvalue weighted by Crippen LogP contribution is -2.31. The van der Waals surface area contributed by atoms with Gasteiger partial charge in [-0.25, -0.2) is 4.79 Å². The van der Waals surface area contributed by atoms with Crippen LogP contribution in [0.3, 0.4) is 0 Å². The van der Waals surface area contributed by atoms with E-state index in [1.54, 1.807) is 0 Å². The van der Waals surface area contributed by atoms with E-state index in [1.807, 2.05) is 13.0 Å². The van der Waals surface area contributed by atoms with Gasteiger partial charge in [-0.15, -0.1) is 0 Å². The Morgan fingerprint density at radius 1 is 1.21 bits per heavy atom. The highest BCUT2D eigenvalue weighted by Crippen LogP contribution is 2.39. The van der Waals surface area contributed by atoms with Crippen LogP contribution in [0.4, 0.5) is 18.9 Å². The molecular weight excluding hydrogens is 387 g/mol. The number of carbonyl (C=O) groups is 2. The van der Waals surface area contributed by atoms with Gasteiger partial charge in [0.05, 0.1) is 0 Å². The maximum absolute atomic E-state index is 11.6. The summed E-state index contributed by atoms with van der Waals surface area (Å²) in [6, 6.07) is 4.70. The Morgan fingerprint density at radius 3 is 2.10 bits per heavy atom. The van der Waals surface area contributed by atoms with Crippen molar-refractivity contribution in [2.45, 2.75) is 57.7 Å². The summed E-state index contributed by atoms with van der Waals surface area (Å²) in [5.74, 6) is -2.53. The van der Waals surface area contributed by atoms with Gasteiger partial charge in [0.15, 0.2) is 0 Å². The molecule has 1 aliphatic rings. The molecule has 164 valence electrons. The van der Waals surface area contributed by atoms with E-state index in [9.17, 15) is 18.0 Å². The van der Waals surface area contributed by atoms with Crippen LogP contribution in [-0.2, 0) is 4.79 Å². The van der Waals surface area contributed by atoms with Crippen LogP contribution < -0.4 is 11.1 Å². The Hall–Kier alpha value is -2.29. The van der Waals surface area contributed by atoms with Gasteiger partial charge in [0, 0.05) is 23.8 Å². The Bertz CT molecular complexity index is 713. The molecule has 9 heteroatoms. The number of primary amides is 1. The number of hydrogen-bond acceptors (Lipinski definition) is 4. The number of rotatable bonds is 5. The summed E-state index contributed by atoms with van der Waals surface area (Å²) in [6.45, 7) is 4.93. The number of benzene rings is 1. The Labute approximate surface area is 169 Å². The lowest BCUT2D eigenvalue weighted by molar-refractivity contribution is -0.192. The maximum atomic E-state index is 11.6. The summed E-state index contributed by atoms with van der Waals surface area (Å²) < 4.78 is 31.7. The van der Waals surface area contributed by atoms with Crippen molar-refractivity contribution in [1.82, 2.24) is 4.90 Å². The van der Waals surface area contributed by atoms with Gasteiger partial charge in [-0.2, -0.15) is 13.2 Å². The minimum atomic E-state index is -5.08. The highest BCUT2D eigenvalue weighted by molar-refractivity contribution is 5.96. The van der Waals surface area contributed by atoms with Crippen LogP contribution >= 0.6 is 0 Å². The van der Waals surface area contributed by atoms with E-state index in [1.165, 1.54) is 31.2 Å². The van der Waals surface area contributed by atoms with E-state index in [-0.39, 0.29) is 5.91 Å². The van der Waals surface area contributed by atoms with Crippen molar-refractivity contribution >= 4 is 17.6 Å². The number of nitrogens with one attached hydrogen (secondary N) is 1. The smallest absolute Gasteiger partial charge is 0.475 e. The van der Waals surface area contributed by atoms with Crippen molar-refractivity contribution in [3.8, 4) is 0 Å². The molecular formula is C20H30F3N3O3. The van der Waals surface area contributed by atoms with Gasteiger partial charge in [-0.05, 0) is 76.7 Å². The SMILES string of the molecule is CCNc1c(C2CCC(N(C)C)CC2)ccc(C(N)=O)c1C.O=C(O)C(F)(F)F. The molecule has 1 saturated carbocycles. The average Bonchev–Trinajstić information content (AvgIpc) is 2.63. The van der Waals surface area contributed by atoms with Crippen LogP contribution in [0.1, 0.15) is 60.0 Å². The molecule has 1 amide bonds. The average molecular weight is 417 g/mol. The fraction of sp³-hybridized carbons (Fsp3) is 0.600. The minimum absolute atomic E-state index is 0.348. The Kier molecular flexibility index (Phi) is 8.94. The monoisotopic (exact) mass is 417 g/mol. The number of aliphatic carboxylic acids is 1. The zero-order chi connectivity index (χ0) is 22.4. The van der Waals surface area contributed by atoms with Crippen molar-refractivity contribution in [1.29, 1.82) is 0 Å². The number of nitrogens with two attached hydrogens (primary N) is 1. The van der Waals surface area contributed by atoms with E-state index in [2.05, 4.69) is 37.3 Å². The van der Waals surface area contributed by atoms with Gasteiger partial charge < -0.3 is 21.1 Å². The molecule has 0 unspecified atom stereocenters. The Balaban J connectivity index is 0.000000516. The molecule has 0 bridgehead atoms. The zero-order valence-corrected chi connectivity index (χ0v) is 17.3. The molecule has 29 heavy (non-hydrogen) atoms. The van der Waals surface area contributed by atoms with Gasteiger partial charge in [-0.3, -0.25) is 4.79 Å². The zero-order valence-electron chi connectivity index (χ0n) is 17.3. The molecule has 1 aliphatic carbocycles. The summed E-state index contributed by atoms with van der Waals surface area (Å²) >= 11 is 0. The lowest BCUT2D eigenvalue weighted by Gasteiger charge is -2.34. The van der Waals surface area contributed by atoms with Crippen molar-refractivity contribution in [2.75, 3.05) is 26.0 Å². The van der Waals surface area contributed by atoms with Crippen molar-refractivity contribution in [2.24, 2.45) is 5.73 Å². The van der Waals surface area contributed by atoms with E-state index >= 15 is 0 Å². The molecule has 1 fully saturated rings. The summed E-state index contributed by atoms with van der Waals surface area (Å²) in [4.78, 5) is 22.8. The molecule has 4 N–H and O–H groups in total. The first-order valence-electron chi connectivity index (χ1n) is 9.53. The van der Waals surface area contributed by atoms with Crippen LogP contribution in [0.15, 0.2) is 12.1 Å². The van der Waals surface area contributed by atoms with Gasteiger partial charge in [0.1, 0.15) is 0 Å². The van der Waals surface area contributed by atoms with Gasteiger partial charge >= 0.3 is 12.1 Å². The molecule has 1 aromatic rings. The van der Waals surface area contributed by atoms with Crippen LogP contribution in [0.2, 0.25) is 0 Å². The number of amides is 1. The highest BCUT2D eigenvalue weighted by atomic mass is 19.4. The van der Waals surface area contributed by atoms with Gasteiger partial charge in [-0.1, -0.05) is 6.07 Å². The largest absolute Gasteiger partial charge is 0.490 e. The highest BCUT2D eigenvalue weighted by Gasteiger charge is 2.38. The van der Waals surface area contributed by atoms with Crippen molar-refractivity contribution < 1.29 is 27.9 Å². The van der Waals surface area contributed by atoms with E-state index in [0.29, 0.717) is 17.5 Å². The molecule has 2 rings (SSSR count). The number of carboxylic acid groups (broad SMARTS) is 1. The molecule has 1 aromatic carbocycles. The second kappa shape index (κ2) is 10.5. The van der Waals surface area contributed by atoms with Crippen LogP contribution in [-0.4, -0.2) is 54.7 Å². The molecule has 0 aromatic heterocycles. The number of anilines is 1. The number of carbonyl (C=O) groups excluding carboxylic acids is 1. The van der Waals surface area contributed by atoms with Crippen molar-refractivity contribution in [3.63, 3.8) is 0 Å². The van der Waals surface area contributed by atoms with E-state index in [0.717, 1.165) is 17.8 Å². The first-order chi connectivity index (χ1) is 13.4. The number of hydrogen-bond donors (Lipinski definition) is 3. The number of nitrogens with zero attached hydrogens (tertiary/aromatic N) is 1. The number of carboxylic acids is 1. The third-order valence-electron chi connectivity index (χ3n) is 5.23. The predicted molar refractivity (Wildman–Crippen MR) is 106 cm³/mol. The first kappa shape index (κ1) is 24.7. The predicted octanol–water partition coefficient (Wildman–Crippen LogP) is 3.75. The maximum Gasteiger partial charge on any atom is 0.490 e. The van der Waals surface area contributed by atoms with Crippen molar-refractivity contribution in [3.05, 3.63) is 28.8 Å². The Morgan fingerprint density at radius 2 is 1.72 bits per heavy atom. The van der Waals surface area contributed by atoms with Gasteiger partial charge in [0.25, 0.3) is 0 Å². The first-order valence-corrected chi connectivity index (χ1v) is 9.53. The number of alkyl halides is 3. The topological polar surface area (TPSA) is 95.7 Å². The fourth-order valence-corrected chi connectivity index (χ4v) is 3.65. The normalized spacial score (nSPS) is 19.3. The third kappa shape index (κ3) is 6.92. The second-order valence-electron chi connectivity index (χ2n) is 7.37. The summed E-state index contributed by atoms with van der Waals surface area (Å²) in [5.41, 5.74) is 9.57. The fourth-order valence-electron chi connectivity index (χ4n) is 3.65. The molecule has 0 atom stereocenters. The molecule has 0 saturated heterocycles. The lowest BCUT2D eigenvalue weighted by atomic mass is 9.79. The quantitative estimate of drug-likeness (QED) is 0.678. The van der Waals surface area contributed by atoms with Crippen LogP contribution in [0.25, 0.3) is 0 Å². The molecule has 0 spiro atoms. The molecule has 6 nitrogen and oxygen atoms in total. The standard InChI is InChI=1S/C18H29N3O.C2HF3O2/c1-5-20-17-12(2)15(18(19)22)10-11-16(17)13-6-8-14(9-7-13)21(3)4;3-2(4,5)1(6)7/h10-11,13-14,20H,5-9H2,1-4H3,(H2,19,22);(H,6,7). The van der Waals surface area contributed by atoms with Crippen LogP contribution in [0, 0.1) is 6.92 Å². The summed E-state index contributed by atoms with van der Waals surface area (Å²) in [6.07, 6.45) is -0.201. The summed E-state index contributed by atoms with van der Waals surface area (Å²) in [7, 11) is 4.34. The van der Waals surface area contributed by atoms with E-state index in [4.69, 9.17) is 15.6 Å². The van der Waals surface area contributed by atoms with E-state index < -0.39 is 12.1 Å². The number of halogens is 3. The second-order valence-corrected chi connectivity index (χ2v) is 7.37. The molecule has 0 radical (unpaired) electrons. The van der Waals surface area contributed by atoms with Gasteiger partial charge in [0.2, 0.25) is 5.91 Å². The molecule has 0 heterocycles. The third-order valence-corrected chi connectivity index (χ3v) is 5.23. The molecule has 0 aliphatic heterocycles. The minimum Gasteiger partial charge on any atom is -0.475 e. The summed E-state index contributed by atoms with van der Waals surface area (Å²) in [5, 5.41) is 10.6. The van der Waals surface area contributed by atoms with Crippen LogP contribution in [0.5, 0.6) is 0 Å².